The van der Waals surface area contributed by atoms with Crippen molar-refractivity contribution in [1.29, 1.82) is 0 Å². The third-order valence-corrected chi connectivity index (χ3v) is 5.73. The van der Waals surface area contributed by atoms with Crippen molar-refractivity contribution in [2.45, 2.75) is 31.9 Å². The van der Waals surface area contributed by atoms with Crippen LogP contribution in [-0.4, -0.2) is 41.0 Å². The summed E-state index contributed by atoms with van der Waals surface area (Å²) >= 11 is 5.94. The predicted molar refractivity (Wildman–Crippen MR) is 111 cm³/mol. The van der Waals surface area contributed by atoms with Crippen molar-refractivity contribution in [2.24, 2.45) is 0 Å². The molecule has 1 N–H and O–H groups in total. The lowest BCUT2D eigenvalue weighted by Gasteiger charge is -2.27. The molecule has 1 amide bonds. The van der Waals surface area contributed by atoms with Gasteiger partial charge in [0, 0.05) is 23.7 Å². The van der Waals surface area contributed by atoms with E-state index in [-0.39, 0.29) is 17.4 Å². The summed E-state index contributed by atoms with van der Waals surface area (Å²) in [6.07, 6.45) is 1.69. The van der Waals surface area contributed by atoms with Crippen molar-refractivity contribution >= 4 is 29.1 Å². The number of likely N-dealkylation sites (tertiary alicyclic amines) is 1. The fourth-order valence-corrected chi connectivity index (χ4v) is 4.06. The van der Waals surface area contributed by atoms with Gasteiger partial charge in [-0.25, -0.2) is 0 Å². The number of amides is 1. The summed E-state index contributed by atoms with van der Waals surface area (Å²) in [6, 6.07) is 13.5. The number of Topliss-reactive ketones (excluding diaryl/α,β-unsaturated/α-hetero) is 1. The van der Waals surface area contributed by atoms with Crippen molar-refractivity contribution in [3.05, 3.63) is 75.8 Å². The van der Waals surface area contributed by atoms with Crippen LogP contribution in [0.25, 0.3) is 5.76 Å². The van der Waals surface area contributed by atoms with Gasteiger partial charge in [0.05, 0.1) is 17.7 Å². The molecule has 0 unspecified atom stereocenters. The second kappa shape index (κ2) is 8.01. The van der Waals surface area contributed by atoms with E-state index < -0.39 is 17.7 Å². The highest BCUT2D eigenvalue weighted by molar-refractivity contribution is 6.46. The van der Waals surface area contributed by atoms with Crippen LogP contribution in [0, 0.1) is 6.92 Å². The SMILES string of the molecule is Cc1ccc([C@@H]2/C(=C(\O)c3ccc(Cl)cc3)C(=O)C(=O)N2C[C@H]2CCCO2)cc1. The van der Waals surface area contributed by atoms with Crippen LogP contribution in [0.3, 0.4) is 0 Å². The second-order valence-electron chi connectivity index (χ2n) is 7.50. The standard InChI is InChI=1S/C23H22ClNO4/c1-14-4-6-15(7-5-14)20-19(21(26)16-8-10-17(24)11-9-16)22(27)23(28)25(20)13-18-3-2-12-29-18/h4-11,18,20,26H,2-3,12-13H2,1H3/b21-19+/t18-,20-/m1/s1. The van der Waals surface area contributed by atoms with E-state index in [9.17, 15) is 14.7 Å². The molecular formula is C23H22ClNO4. The van der Waals surface area contributed by atoms with Gasteiger partial charge >= 0.3 is 0 Å². The van der Waals surface area contributed by atoms with Gasteiger partial charge in [-0.15, -0.1) is 0 Å². The molecule has 29 heavy (non-hydrogen) atoms. The Kier molecular flexibility index (Phi) is 5.43. The number of benzene rings is 2. The van der Waals surface area contributed by atoms with E-state index >= 15 is 0 Å². The first-order valence-electron chi connectivity index (χ1n) is 9.68. The van der Waals surface area contributed by atoms with Crippen molar-refractivity contribution in [3.8, 4) is 0 Å². The van der Waals surface area contributed by atoms with Gasteiger partial charge in [-0.3, -0.25) is 9.59 Å². The molecule has 2 aromatic rings. The Morgan fingerprint density at radius 1 is 1.14 bits per heavy atom. The Labute approximate surface area is 174 Å². The first-order valence-corrected chi connectivity index (χ1v) is 10.1. The zero-order valence-electron chi connectivity index (χ0n) is 16.1. The third kappa shape index (κ3) is 3.80. The van der Waals surface area contributed by atoms with E-state index in [0.29, 0.717) is 23.7 Å². The number of hydrogen-bond donors (Lipinski definition) is 1. The Morgan fingerprint density at radius 2 is 1.83 bits per heavy atom. The van der Waals surface area contributed by atoms with Gasteiger partial charge in [-0.2, -0.15) is 0 Å². The van der Waals surface area contributed by atoms with Gasteiger partial charge in [0.2, 0.25) is 0 Å². The first-order chi connectivity index (χ1) is 14.0. The number of aliphatic hydroxyl groups excluding tert-OH is 1. The summed E-state index contributed by atoms with van der Waals surface area (Å²) in [5.74, 6) is -1.48. The number of rotatable bonds is 4. The molecule has 2 aromatic carbocycles. The molecule has 150 valence electrons. The minimum absolute atomic E-state index is 0.0965. The lowest BCUT2D eigenvalue weighted by atomic mass is 9.94. The molecule has 0 saturated carbocycles. The third-order valence-electron chi connectivity index (χ3n) is 5.48. The average molecular weight is 412 g/mol. The van der Waals surface area contributed by atoms with Gasteiger partial charge in [0.15, 0.2) is 0 Å². The minimum Gasteiger partial charge on any atom is -0.507 e. The number of halogens is 1. The van der Waals surface area contributed by atoms with Crippen LogP contribution in [0.1, 0.15) is 35.6 Å². The highest BCUT2D eigenvalue weighted by atomic mass is 35.5. The van der Waals surface area contributed by atoms with Crippen molar-refractivity contribution < 1.29 is 19.4 Å². The Morgan fingerprint density at radius 3 is 2.45 bits per heavy atom. The summed E-state index contributed by atoms with van der Waals surface area (Å²) < 4.78 is 5.70. The maximum Gasteiger partial charge on any atom is 0.295 e. The quantitative estimate of drug-likeness (QED) is 0.464. The topological polar surface area (TPSA) is 66.8 Å². The van der Waals surface area contributed by atoms with Crippen molar-refractivity contribution in [3.63, 3.8) is 0 Å². The summed E-state index contributed by atoms with van der Waals surface area (Å²) in [7, 11) is 0. The second-order valence-corrected chi connectivity index (χ2v) is 7.94. The number of hydrogen-bond acceptors (Lipinski definition) is 4. The molecule has 4 rings (SSSR count). The number of aryl methyl sites for hydroxylation is 1. The van der Waals surface area contributed by atoms with E-state index in [0.717, 1.165) is 24.0 Å². The molecule has 2 aliphatic rings. The zero-order valence-corrected chi connectivity index (χ0v) is 16.9. The van der Waals surface area contributed by atoms with E-state index in [1.165, 1.54) is 4.90 Å². The molecule has 2 heterocycles. The summed E-state index contributed by atoms with van der Waals surface area (Å²) in [5.41, 5.74) is 2.40. The summed E-state index contributed by atoms with van der Waals surface area (Å²) in [4.78, 5) is 27.4. The Balaban J connectivity index is 1.81. The lowest BCUT2D eigenvalue weighted by molar-refractivity contribution is -0.140. The predicted octanol–water partition coefficient (Wildman–Crippen LogP) is 4.25. The van der Waals surface area contributed by atoms with Crippen LogP contribution >= 0.6 is 11.6 Å². The molecule has 5 nitrogen and oxygen atoms in total. The molecule has 2 aliphatic heterocycles. The van der Waals surface area contributed by atoms with E-state index in [2.05, 4.69) is 0 Å². The fraction of sp³-hybridized carbons (Fsp3) is 0.304. The normalized spacial score (nSPS) is 23.7. The van der Waals surface area contributed by atoms with Crippen molar-refractivity contribution in [1.82, 2.24) is 4.90 Å². The fourth-order valence-electron chi connectivity index (χ4n) is 3.93. The van der Waals surface area contributed by atoms with Gasteiger partial charge in [-0.1, -0.05) is 41.4 Å². The van der Waals surface area contributed by atoms with Crippen LogP contribution in [0.4, 0.5) is 0 Å². The molecule has 2 fully saturated rings. The van der Waals surface area contributed by atoms with E-state index in [1.807, 2.05) is 31.2 Å². The molecule has 0 bridgehead atoms. The maximum absolute atomic E-state index is 12.9. The average Bonchev–Trinajstić information content (AvgIpc) is 3.31. The number of nitrogens with zero attached hydrogens (tertiary/aromatic N) is 1. The maximum atomic E-state index is 12.9. The van der Waals surface area contributed by atoms with Crippen LogP contribution in [0.5, 0.6) is 0 Å². The molecule has 0 aliphatic carbocycles. The molecule has 2 saturated heterocycles. The molecule has 0 spiro atoms. The van der Waals surface area contributed by atoms with Crippen LogP contribution in [-0.2, 0) is 14.3 Å². The van der Waals surface area contributed by atoms with Crippen LogP contribution < -0.4 is 0 Å². The number of carbonyl (C=O) groups is 2. The highest BCUT2D eigenvalue weighted by Gasteiger charge is 2.47. The first kappa shape index (κ1) is 19.7. The Hall–Kier alpha value is -2.63. The molecule has 0 radical (unpaired) electrons. The highest BCUT2D eigenvalue weighted by Crippen LogP contribution is 2.40. The summed E-state index contributed by atoms with van der Waals surface area (Å²) in [5, 5.41) is 11.5. The van der Waals surface area contributed by atoms with Crippen molar-refractivity contribution in [2.75, 3.05) is 13.2 Å². The van der Waals surface area contributed by atoms with Gasteiger partial charge in [-0.05, 0) is 49.6 Å². The lowest BCUT2D eigenvalue weighted by Crippen LogP contribution is -2.36. The Bertz CT molecular complexity index is 959. The smallest absolute Gasteiger partial charge is 0.295 e. The number of aliphatic hydroxyl groups is 1. The minimum atomic E-state index is -0.680. The largest absolute Gasteiger partial charge is 0.507 e. The van der Waals surface area contributed by atoms with Gasteiger partial charge in [0.25, 0.3) is 11.7 Å². The molecule has 2 atom stereocenters. The van der Waals surface area contributed by atoms with E-state index in [1.54, 1.807) is 24.3 Å². The molecule has 0 aromatic heterocycles. The molecular weight excluding hydrogens is 390 g/mol. The zero-order chi connectivity index (χ0) is 20.5. The number of ketones is 1. The van der Waals surface area contributed by atoms with E-state index in [4.69, 9.17) is 16.3 Å². The molecule has 6 heteroatoms. The number of ether oxygens (including phenoxy) is 1. The summed E-state index contributed by atoms with van der Waals surface area (Å²) in [6.45, 7) is 2.95. The monoisotopic (exact) mass is 411 g/mol. The van der Waals surface area contributed by atoms with Crippen LogP contribution in [0.15, 0.2) is 54.1 Å². The number of carbonyl (C=O) groups excluding carboxylic acids is 2. The van der Waals surface area contributed by atoms with Crippen LogP contribution in [0.2, 0.25) is 5.02 Å². The van der Waals surface area contributed by atoms with Gasteiger partial charge < -0.3 is 14.7 Å². The van der Waals surface area contributed by atoms with Gasteiger partial charge in [0.1, 0.15) is 5.76 Å².